The molecule has 11 heteroatoms. The van der Waals surface area contributed by atoms with Gasteiger partial charge in [-0.25, -0.2) is 18.0 Å². The Morgan fingerprint density at radius 3 is 1.85 bits per heavy atom. The lowest BCUT2D eigenvalue weighted by Gasteiger charge is -2.35. The summed E-state index contributed by atoms with van der Waals surface area (Å²) in [5.74, 6) is -0.805. The summed E-state index contributed by atoms with van der Waals surface area (Å²) in [6, 6.07) is 4.64. The number of sulfone groups is 1. The minimum absolute atomic E-state index is 0.504. The van der Waals surface area contributed by atoms with Crippen LogP contribution < -0.4 is 5.48 Å². The predicted molar refractivity (Wildman–Crippen MR) is 95.7 cm³/mol. The topological polar surface area (TPSA) is 133 Å². The van der Waals surface area contributed by atoms with Crippen molar-refractivity contribution in [3.63, 3.8) is 0 Å². The van der Waals surface area contributed by atoms with Crippen molar-refractivity contribution in [1.82, 2.24) is 5.48 Å². The summed E-state index contributed by atoms with van der Waals surface area (Å²) in [7, 11) is -8.66. The minimum atomic E-state index is -4.77. The highest BCUT2D eigenvalue weighted by Crippen LogP contribution is 2.38. The van der Waals surface area contributed by atoms with Crippen molar-refractivity contribution >= 4 is 32.0 Å². The highest BCUT2D eigenvalue weighted by atomic mass is 32.2. The Morgan fingerprint density at radius 2 is 1.41 bits per heavy atom. The van der Waals surface area contributed by atoms with E-state index < -0.39 is 52.6 Å². The zero-order valence-corrected chi connectivity index (χ0v) is 17.5. The number of amides is 1. The van der Waals surface area contributed by atoms with Crippen LogP contribution >= 0.6 is 0 Å². The zero-order valence-electron chi connectivity index (χ0n) is 15.9. The van der Waals surface area contributed by atoms with E-state index in [2.05, 4.69) is 9.02 Å². The van der Waals surface area contributed by atoms with Gasteiger partial charge >= 0.3 is 22.2 Å². The molecule has 1 amide bonds. The number of hydrogen-bond acceptors (Lipinski definition) is 8. The van der Waals surface area contributed by atoms with E-state index in [9.17, 15) is 26.4 Å². The molecule has 0 aliphatic carbocycles. The van der Waals surface area contributed by atoms with Crippen LogP contribution in [0.5, 0.6) is 0 Å². The number of hydroxylamine groups is 1. The van der Waals surface area contributed by atoms with Crippen LogP contribution in [0.25, 0.3) is 0 Å². The van der Waals surface area contributed by atoms with Gasteiger partial charge in [0.15, 0.2) is 9.84 Å². The summed E-state index contributed by atoms with van der Waals surface area (Å²) in [6.07, 6.45) is -0.769. The van der Waals surface area contributed by atoms with Crippen molar-refractivity contribution in [3.8, 4) is 0 Å². The fourth-order valence-corrected chi connectivity index (χ4v) is 4.05. The predicted octanol–water partition coefficient (Wildman–Crippen LogP) is 2.04. The Hall–Kier alpha value is -2.14. The lowest BCUT2D eigenvalue weighted by Crippen LogP contribution is -2.42. The molecule has 0 saturated carbocycles. The average Bonchev–Trinajstić information content (AvgIpc) is 2.50. The summed E-state index contributed by atoms with van der Waals surface area (Å²) in [5, 5.41) is 0. The maximum Gasteiger partial charge on any atom is 0.456 e. The van der Waals surface area contributed by atoms with Crippen LogP contribution in [-0.4, -0.2) is 35.2 Å². The molecule has 0 aliphatic heterocycles. The van der Waals surface area contributed by atoms with E-state index in [4.69, 9.17) is 0 Å². The smallest absolute Gasteiger partial charge is 0.337 e. The second-order valence-electron chi connectivity index (χ2n) is 7.41. The second kappa shape index (κ2) is 7.47. The molecule has 0 saturated heterocycles. The fraction of sp³-hybridized carbons (Fsp3) is 0.500. The molecule has 0 aliphatic rings. The molecule has 0 radical (unpaired) electrons. The highest BCUT2D eigenvalue weighted by Gasteiger charge is 2.42. The van der Waals surface area contributed by atoms with Crippen LogP contribution in [0.3, 0.4) is 0 Å². The molecule has 9 nitrogen and oxygen atoms in total. The number of benzene rings is 1. The Kier molecular flexibility index (Phi) is 6.33. The number of rotatable bonds is 4. The molecule has 152 valence electrons. The van der Waals surface area contributed by atoms with Gasteiger partial charge in [0, 0.05) is 6.26 Å². The number of nitrogens with one attached hydrogen (secondary N) is 1. The first-order valence-corrected chi connectivity index (χ1v) is 11.0. The minimum Gasteiger partial charge on any atom is -0.337 e. The van der Waals surface area contributed by atoms with Gasteiger partial charge in [0.25, 0.3) is 0 Å². The molecule has 0 fully saturated rings. The van der Waals surface area contributed by atoms with Crippen LogP contribution in [0.2, 0.25) is 0 Å². The molecule has 1 aromatic carbocycles. The molecule has 0 unspecified atom stereocenters. The Morgan fingerprint density at radius 1 is 0.926 bits per heavy atom. The van der Waals surface area contributed by atoms with Crippen LogP contribution in [0.15, 0.2) is 34.1 Å². The van der Waals surface area contributed by atoms with Crippen molar-refractivity contribution in [2.24, 2.45) is 10.8 Å². The summed E-state index contributed by atoms with van der Waals surface area (Å²) < 4.78 is 52.2. The zero-order chi connectivity index (χ0) is 21.3. The third-order valence-corrected chi connectivity index (χ3v) is 6.87. The Labute approximate surface area is 159 Å². The molecule has 1 aromatic rings. The molecule has 0 bridgehead atoms. The molecule has 0 spiro atoms. The van der Waals surface area contributed by atoms with Gasteiger partial charge in [-0.05, 0) is 31.4 Å². The van der Waals surface area contributed by atoms with E-state index in [1.54, 1.807) is 40.1 Å². The van der Waals surface area contributed by atoms with Crippen molar-refractivity contribution < 1.29 is 35.4 Å². The monoisotopic (exact) mass is 421 g/mol. The first kappa shape index (κ1) is 22.9. The largest absolute Gasteiger partial charge is 0.456 e. The summed E-state index contributed by atoms with van der Waals surface area (Å²) >= 11 is 0. The Bertz CT molecular complexity index is 941. The van der Waals surface area contributed by atoms with Crippen molar-refractivity contribution in [2.75, 3.05) is 6.26 Å². The van der Waals surface area contributed by atoms with E-state index in [0.717, 1.165) is 18.4 Å². The van der Waals surface area contributed by atoms with E-state index in [1.807, 2.05) is 0 Å². The van der Waals surface area contributed by atoms with Crippen LogP contribution in [0.4, 0.5) is 4.79 Å². The molecular weight excluding hydrogens is 398 g/mol. The van der Waals surface area contributed by atoms with Gasteiger partial charge in [-0.3, -0.25) is 0 Å². The average molecular weight is 421 g/mol. The SMILES string of the molecule is CC(C)(C)C(C)(C)C(=O)ONC(=O)OS(=O)(=O)c1ccccc1S(C)(=O)=O. The van der Waals surface area contributed by atoms with Gasteiger partial charge in [0.1, 0.15) is 4.90 Å². The molecule has 0 aromatic heterocycles. The fourth-order valence-electron chi connectivity index (χ4n) is 1.65. The standard InChI is InChI=1S/C16H23NO8S2/c1-15(2,3)16(4,5)13(18)24-17-14(19)25-27(22,23)12-10-8-7-9-11(12)26(6,20)21/h7-10H,1-6H3,(H,17,19). The molecular formula is C16H23NO8S2. The third kappa shape index (κ3) is 5.42. The van der Waals surface area contributed by atoms with Gasteiger partial charge in [-0.2, -0.15) is 8.42 Å². The van der Waals surface area contributed by atoms with Gasteiger partial charge in [-0.15, -0.1) is 5.48 Å². The number of hydrogen-bond donors (Lipinski definition) is 1. The second-order valence-corrected chi connectivity index (χ2v) is 10.9. The van der Waals surface area contributed by atoms with Crippen molar-refractivity contribution in [3.05, 3.63) is 24.3 Å². The van der Waals surface area contributed by atoms with Crippen LogP contribution in [-0.2, 0) is 33.8 Å². The normalized spacial score (nSPS) is 13.0. The quantitative estimate of drug-likeness (QED) is 0.577. The summed E-state index contributed by atoms with van der Waals surface area (Å²) in [6.45, 7) is 8.57. The van der Waals surface area contributed by atoms with Gasteiger partial charge in [0.2, 0.25) is 0 Å². The molecule has 1 rings (SSSR count). The van der Waals surface area contributed by atoms with Gasteiger partial charge < -0.3 is 9.02 Å². The summed E-state index contributed by atoms with van der Waals surface area (Å²) in [4.78, 5) is 27.2. The first-order valence-electron chi connectivity index (χ1n) is 7.75. The number of carbonyl (C=O) groups excluding carboxylic acids is 2. The van der Waals surface area contributed by atoms with E-state index in [1.165, 1.54) is 12.1 Å². The van der Waals surface area contributed by atoms with Crippen molar-refractivity contribution in [1.29, 1.82) is 0 Å². The lowest BCUT2D eigenvalue weighted by atomic mass is 9.69. The van der Waals surface area contributed by atoms with E-state index >= 15 is 0 Å². The maximum atomic E-state index is 12.2. The first-order chi connectivity index (χ1) is 12.0. The Balaban J connectivity index is 2.94. The lowest BCUT2D eigenvalue weighted by molar-refractivity contribution is -0.166. The summed E-state index contributed by atoms with van der Waals surface area (Å²) in [5.41, 5.74) is 0.104. The van der Waals surface area contributed by atoms with Gasteiger partial charge in [-0.1, -0.05) is 32.9 Å². The highest BCUT2D eigenvalue weighted by molar-refractivity contribution is 7.92. The van der Waals surface area contributed by atoms with Gasteiger partial charge in [0.05, 0.1) is 10.3 Å². The third-order valence-electron chi connectivity index (χ3n) is 4.32. The van der Waals surface area contributed by atoms with E-state index in [0.29, 0.717) is 0 Å². The van der Waals surface area contributed by atoms with Crippen LogP contribution in [0.1, 0.15) is 34.6 Å². The molecule has 0 heterocycles. The van der Waals surface area contributed by atoms with Crippen molar-refractivity contribution in [2.45, 2.75) is 44.4 Å². The molecule has 27 heavy (non-hydrogen) atoms. The van der Waals surface area contributed by atoms with Crippen LogP contribution in [0, 0.1) is 10.8 Å². The molecule has 1 N–H and O–H groups in total. The number of carbonyl (C=O) groups is 2. The molecule has 0 atom stereocenters. The van der Waals surface area contributed by atoms with E-state index in [-0.39, 0.29) is 0 Å². The maximum absolute atomic E-state index is 12.2.